The van der Waals surface area contributed by atoms with Crippen LogP contribution in [0.4, 0.5) is 0 Å². The van der Waals surface area contributed by atoms with Crippen molar-refractivity contribution < 1.29 is 14.9 Å². The molecular weight excluding hydrogens is 540 g/mol. The Morgan fingerprint density at radius 3 is 1.48 bits per heavy atom. The van der Waals surface area contributed by atoms with Crippen LogP contribution < -0.4 is 0 Å². The van der Waals surface area contributed by atoms with Crippen molar-refractivity contribution >= 4 is 21.5 Å². The van der Waals surface area contributed by atoms with Gasteiger partial charge in [0, 0.05) is 6.61 Å². The minimum absolute atomic E-state index is 0.0190. The zero-order valence-corrected chi connectivity index (χ0v) is 31.1. The number of ether oxygens (including phenoxy) is 1. The number of aliphatic hydroxyl groups excluding tert-OH is 2. The third-order valence-electron chi connectivity index (χ3n) is 7.79. The van der Waals surface area contributed by atoms with Gasteiger partial charge in [0.1, 0.15) is 0 Å². The summed E-state index contributed by atoms with van der Waals surface area (Å²) in [6.45, 7) is 29.0. The highest BCUT2D eigenvalue weighted by atomic mass is 16.5. The fourth-order valence-electron chi connectivity index (χ4n) is 4.95. The second kappa shape index (κ2) is 22.5. The van der Waals surface area contributed by atoms with E-state index in [0.717, 1.165) is 24.2 Å². The van der Waals surface area contributed by atoms with Crippen LogP contribution in [-0.4, -0.2) is 35.6 Å². The predicted octanol–water partition coefficient (Wildman–Crippen LogP) is 11.4. The number of benzene rings is 3. The van der Waals surface area contributed by atoms with Gasteiger partial charge in [0.05, 0.1) is 18.8 Å². The summed E-state index contributed by atoms with van der Waals surface area (Å²) >= 11 is 0. The van der Waals surface area contributed by atoms with Crippen molar-refractivity contribution in [2.45, 2.75) is 141 Å². The molecule has 0 radical (unpaired) electrons. The molecule has 252 valence electrons. The van der Waals surface area contributed by atoms with E-state index in [2.05, 4.69) is 113 Å². The Morgan fingerprint density at radius 1 is 0.682 bits per heavy atom. The number of rotatable bonds is 12. The monoisotopic (exact) mass is 611 g/mol. The number of fused-ring (bicyclic) bond motifs is 2. The van der Waals surface area contributed by atoms with E-state index in [-0.39, 0.29) is 13.2 Å². The van der Waals surface area contributed by atoms with E-state index < -0.39 is 5.60 Å². The molecule has 3 rings (SSSR count). The number of hydrogen-bond donors (Lipinski definition) is 2. The summed E-state index contributed by atoms with van der Waals surface area (Å²) in [4.78, 5) is 0. The summed E-state index contributed by atoms with van der Waals surface area (Å²) in [5, 5.41) is 23.7. The molecule has 0 spiro atoms. The lowest BCUT2D eigenvalue weighted by molar-refractivity contribution is -0.0521. The zero-order chi connectivity index (χ0) is 33.9. The molecular formula is C41H70O3. The van der Waals surface area contributed by atoms with E-state index >= 15 is 0 Å². The van der Waals surface area contributed by atoms with Crippen LogP contribution in [0.2, 0.25) is 0 Å². The number of aliphatic hydroxyl groups is 2. The Balaban J connectivity index is 0.000000892. The van der Waals surface area contributed by atoms with E-state index in [0.29, 0.717) is 13.0 Å². The molecule has 0 bridgehead atoms. The summed E-state index contributed by atoms with van der Waals surface area (Å²) in [5.41, 5.74) is 4.49. The molecule has 3 nitrogen and oxygen atoms in total. The highest BCUT2D eigenvalue weighted by molar-refractivity contribution is 6.05. The van der Waals surface area contributed by atoms with Crippen molar-refractivity contribution in [2.75, 3.05) is 19.8 Å². The molecule has 3 aromatic carbocycles. The Labute approximate surface area is 272 Å². The Hall–Kier alpha value is -1.94. The largest absolute Gasteiger partial charge is 0.396 e. The first-order valence-corrected chi connectivity index (χ1v) is 17.5. The summed E-state index contributed by atoms with van der Waals surface area (Å²) in [7, 11) is 0. The van der Waals surface area contributed by atoms with Crippen LogP contribution >= 0.6 is 0 Å². The topological polar surface area (TPSA) is 49.7 Å². The second-order valence-electron chi connectivity index (χ2n) is 14.2. The summed E-state index contributed by atoms with van der Waals surface area (Å²) in [6.07, 6.45) is 8.29. The standard InChI is InChI=1S/C24H30O3.C7H16.C6H14.C4H10/c1-16-20-7-5-18(9-11-25)13-22(20)17(2)23-14-19(6-8-21(16)23)10-12-27-24(3,4)15-26;1-4-6-7(3)5-2;1-4-5-6(2)3;1-4(2)3/h5-8,13-14,25-26H,9-12,15H2,1-4H3;7H,4-6H2,1-3H3;6H,4-5H2,1-3H3;4H,1-3H3. The van der Waals surface area contributed by atoms with Crippen LogP contribution in [0.3, 0.4) is 0 Å². The number of aryl methyl sites for hydroxylation is 2. The Kier molecular flexibility index (Phi) is 21.6. The van der Waals surface area contributed by atoms with Gasteiger partial charge in [-0.1, -0.05) is 131 Å². The van der Waals surface area contributed by atoms with E-state index in [1.165, 1.54) is 75.9 Å². The normalized spacial score (nSPS) is 11.9. The SMILES string of the molecule is CC(C)C.CCCC(C)C.CCCC(C)CC.Cc1c2ccc(CCO)cc2c(C)c2cc(CCOC(C)(C)CO)ccc12. The van der Waals surface area contributed by atoms with Crippen LogP contribution in [0, 0.1) is 31.6 Å². The lowest BCUT2D eigenvalue weighted by Gasteiger charge is -2.22. The molecule has 1 unspecified atom stereocenters. The quantitative estimate of drug-likeness (QED) is 0.201. The fourth-order valence-corrected chi connectivity index (χ4v) is 4.95. The van der Waals surface area contributed by atoms with Crippen molar-refractivity contribution in [1.29, 1.82) is 0 Å². The highest BCUT2D eigenvalue weighted by Gasteiger charge is 2.16. The van der Waals surface area contributed by atoms with Crippen molar-refractivity contribution in [1.82, 2.24) is 0 Å². The van der Waals surface area contributed by atoms with Crippen LogP contribution in [0.1, 0.15) is 131 Å². The average molecular weight is 611 g/mol. The van der Waals surface area contributed by atoms with Crippen molar-refractivity contribution in [2.24, 2.45) is 17.8 Å². The molecule has 44 heavy (non-hydrogen) atoms. The third-order valence-corrected chi connectivity index (χ3v) is 7.79. The first-order chi connectivity index (χ1) is 20.7. The van der Waals surface area contributed by atoms with Crippen molar-refractivity contribution in [3.63, 3.8) is 0 Å². The van der Waals surface area contributed by atoms with Gasteiger partial charge >= 0.3 is 0 Å². The maximum absolute atomic E-state index is 9.32. The van der Waals surface area contributed by atoms with Crippen LogP contribution in [0.15, 0.2) is 36.4 Å². The first-order valence-electron chi connectivity index (χ1n) is 17.5. The van der Waals surface area contributed by atoms with E-state index in [4.69, 9.17) is 4.74 Å². The van der Waals surface area contributed by atoms with Crippen LogP contribution in [0.25, 0.3) is 21.5 Å². The molecule has 0 saturated carbocycles. The smallest absolute Gasteiger partial charge is 0.0856 e. The van der Waals surface area contributed by atoms with E-state index in [1.54, 1.807) is 0 Å². The fraction of sp³-hybridized carbons (Fsp3) is 0.659. The molecule has 0 aromatic heterocycles. The molecule has 0 aliphatic rings. The average Bonchev–Trinajstić information content (AvgIpc) is 2.96. The molecule has 1 atom stereocenters. The molecule has 0 heterocycles. The van der Waals surface area contributed by atoms with Crippen molar-refractivity contribution in [3.05, 3.63) is 58.7 Å². The van der Waals surface area contributed by atoms with Crippen LogP contribution in [0.5, 0.6) is 0 Å². The predicted molar refractivity (Wildman–Crippen MR) is 197 cm³/mol. The summed E-state index contributed by atoms with van der Waals surface area (Å²) in [6, 6.07) is 13.2. The lowest BCUT2D eigenvalue weighted by atomic mass is 9.90. The molecule has 0 amide bonds. The first kappa shape index (κ1) is 42.1. The minimum Gasteiger partial charge on any atom is -0.396 e. The highest BCUT2D eigenvalue weighted by Crippen LogP contribution is 2.33. The molecule has 0 saturated heterocycles. The minimum atomic E-state index is -0.497. The van der Waals surface area contributed by atoms with Crippen molar-refractivity contribution in [3.8, 4) is 0 Å². The lowest BCUT2D eigenvalue weighted by Crippen LogP contribution is -2.29. The van der Waals surface area contributed by atoms with Gasteiger partial charge in [-0.25, -0.2) is 0 Å². The number of hydrogen-bond acceptors (Lipinski definition) is 3. The van der Waals surface area contributed by atoms with Gasteiger partial charge in [-0.3, -0.25) is 0 Å². The summed E-state index contributed by atoms with van der Waals surface area (Å²) < 4.78 is 5.79. The molecule has 3 aromatic rings. The summed E-state index contributed by atoms with van der Waals surface area (Å²) in [5.74, 6) is 2.68. The van der Waals surface area contributed by atoms with E-state index in [1.807, 2.05) is 13.8 Å². The second-order valence-corrected chi connectivity index (χ2v) is 14.2. The van der Waals surface area contributed by atoms with Gasteiger partial charge < -0.3 is 14.9 Å². The maximum atomic E-state index is 9.32. The van der Waals surface area contributed by atoms with Gasteiger partial charge in [-0.15, -0.1) is 0 Å². The Bertz CT molecular complexity index is 1170. The Morgan fingerprint density at radius 2 is 1.14 bits per heavy atom. The van der Waals surface area contributed by atoms with Crippen LogP contribution in [-0.2, 0) is 17.6 Å². The molecule has 0 aliphatic carbocycles. The molecule has 0 fully saturated rings. The third kappa shape index (κ3) is 16.4. The van der Waals surface area contributed by atoms with Gasteiger partial charge in [-0.05, 0) is 102 Å². The molecule has 2 N–H and O–H groups in total. The van der Waals surface area contributed by atoms with Gasteiger partial charge in [0.15, 0.2) is 0 Å². The van der Waals surface area contributed by atoms with Gasteiger partial charge in [-0.2, -0.15) is 0 Å². The zero-order valence-electron chi connectivity index (χ0n) is 31.1. The van der Waals surface area contributed by atoms with E-state index in [9.17, 15) is 10.2 Å². The van der Waals surface area contributed by atoms with Gasteiger partial charge in [0.2, 0.25) is 0 Å². The van der Waals surface area contributed by atoms with Gasteiger partial charge in [0.25, 0.3) is 0 Å². The molecule has 0 aliphatic heterocycles. The maximum Gasteiger partial charge on any atom is 0.0856 e. The molecule has 3 heteroatoms.